The summed E-state index contributed by atoms with van der Waals surface area (Å²) in [6.45, 7) is 15.7. The smallest absolute Gasteiger partial charge is 0.306 e. The van der Waals surface area contributed by atoms with Crippen molar-refractivity contribution in [2.24, 2.45) is 5.10 Å². The summed E-state index contributed by atoms with van der Waals surface area (Å²) in [6, 6.07) is 5.34. The Hall–Kier alpha value is -2.43. The first-order chi connectivity index (χ1) is 14.9. The lowest BCUT2D eigenvalue weighted by Gasteiger charge is -2.18. The topological polar surface area (TPSA) is 50.7 Å². The molecule has 2 rings (SSSR count). The van der Waals surface area contributed by atoms with Crippen LogP contribution in [0.5, 0.6) is 0 Å². The van der Waals surface area contributed by atoms with Gasteiger partial charge < -0.3 is 10.2 Å². The first-order valence-corrected chi connectivity index (χ1v) is 11.4. The van der Waals surface area contributed by atoms with Gasteiger partial charge in [0.1, 0.15) is 11.9 Å². The summed E-state index contributed by atoms with van der Waals surface area (Å²) in [5.41, 5.74) is 6.90. The average molecular weight is 433 g/mol. The van der Waals surface area contributed by atoms with Crippen LogP contribution in [0.4, 0.5) is 4.39 Å². The van der Waals surface area contributed by atoms with E-state index in [1.54, 1.807) is 26.0 Å². The molecule has 0 radical (unpaired) electrons. The molecule has 1 aliphatic heterocycles. The van der Waals surface area contributed by atoms with E-state index in [-0.39, 0.29) is 17.9 Å². The molecule has 1 N–H and O–H groups in total. The van der Waals surface area contributed by atoms with Gasteiger partial charge in [0.05, 0.1) is 5.71 Å². The van der Waals surface area contributed by atoms with E-state index >= 15 is 0 Å². The van der Waals surface area contributed by atoms with Crippen molar-refractivity contribution in [1.29, 1.82) is 0 Å². The van der Waals surface area contributed by atoms with E-state index in [0.717, 1.165) is 24.8 Å². The van der Waals surface area contributed by atoms with E-state index in [0.29, 0.717) is 18.0 Å². The number of rotatable bonds is 7. The molecular weight excluding hydrogens is 391 g/mol. The summed E-state index contributed by atoms with van der Waals surface area (Å²) < 4.78 is 18.5. The maximum atomic E-state index is 13.2. The van der Waals surface area contributed by atoms with E-state index in [1.807, 2.05) is 40.7 Å². The zero-order valence-electron chi connectivity index (χ0n) is 20.6. The molecule has 0 aromatic heterocycles. The van der Waals surface area contributed by atoms with Gasteiger partial charge in [0, 0.05) is 18.9 Å². The van der Waals surface area contributed by atoms with Crippen LogP contribution in [0.2, 0.25) is 0 Å². The van der Waals surface area contributed by atoms with Gasteiger partial charge in [-0.15, -0.1) is 0 Å². The van der Waals surface area contributed by atoms with Crippen LogP contribution >= 0.6 is 0 Å². The molecule has 0 saturated heterocycles. The Kier molecular flexibility index (Phi) is 15.0. The highest BCUT2D eigenvalue weighted by molar-refractivity contribution is 6.03. The maximum absolute atomic E-state index is 13.2. The van der Waals surface area contributed by atoms with Crippen LogP contribution in [0.25, 0.3) is 0 Å². The highest BCUT2D eigenvalue weighted by Gasteiger charge is 2.16. The first-order valence-electron chi connectivity index (χ1n) is 11.4. The van der Waals surface area contributed by atoms with Crippen LogP contribution < -0.4 is 5.43 Å². The number of benzene rings is 1. The van der Waals surface area contributed by atoms with E-state index in [1.165, 1.54) is 17.4 Å². The van der Waals surface area contributed by atoms with Gasteiger partial charge in [-0.3, -0.25) is 4.79 Å². The number of nitrogens with one attached hydrogen (secondary N) is 1. The lowest BCUT2D eigenvalue weighted by Crippen LogP contribution is -2.13. The third kappa shape index (κ3) is 10.4. The van der Waals surface area contributed by atoms with Gasteiger partial charge in [0.15, 0.2) is 0 Å². The quantitative estimate of drug-likeness (QED) is 0.366. The molecule has 1 aliphatic rings. The summed E-state index contributed by atoms with van der Waals surface area (Å²) in [4.78, 5) is 11.3. The number of esters is 1. The van der Waals surface area contributed by atoms with Crippen LogP contribution in [-0.4, -0.2) is 17.7 Å². The molecule has 0 spiro atoms. The number of carbonyl (C=O) groups excluding carboxylic acids is 1. The van der Waals surface area contributed by atoms with E-state index < -0.39 is 0 Å². The number of carbonyl (C=O) groups is 1. The van der Waals surface area contributed by atoms with Gasteiger partial charge in [0.2, 0.25) is 0 Å². The number of hydrazone groups is 1. The van der Waals surface area contributed by atoms with Crippen molar-refractivity contribution in [3.05, 3.63) is 58.9 Å². The molecule has 1 aromatic rings. The third-order valence-electron chi connectivity index (χ3n) is 4.58. The van der Waals surface area contributed by atoms with E-state index in [2.05, 4.69) is 29.6 Å². The third-order valence-corrected chi connectivity index (χ3v) is 4.58. The van der Waals surface area contributed by atoms with Gasteiger partial charge in [-0.25, -0.2) is 4.39 Å². The molecule has 2 atom stereocenters. The Morgan fingerprint density at radius 1 is 1.32 bits per heavy atom. The number of hydrogen-bond acceptors (Lipinski definition) is 4. The average Bonchev–Trinajstić information content (AvgIpc) is 3.21. The second kappa shape index (κ2) is 16.3. The van der Waals surface area contributed by atoms with Crippen LogP contribution in [-0.2, 0) is 9.53 Å². The Morgan fingerprint density at radius 3 is 2.45 bits per heavy atom. The fraction of sp³-hybridized carbons (Fsp3) is 0.538. The normalized spacial score (nSPS) is 16.4. The number of aryl methyl sites for hydroxylation is 1. The number of hydrogen-bond donors (Lipinski definition) is 1. The molecule has 0 saturated carbocycles. The molecule has 5 heteroatoms. The molecule has 1 heterocycles. The minimum Gasteiger partial charge on any atom is -0.457 e. The highest BCUT2D eigenvalue weighted by atomic mass is 19.1. The Morgan fingerprint density at radius 2 is 2.00 bits per heavy atom. The standard InChI is InChI=1S/C14H19FO2.C10H16N2.C2H6/c1-4-6-13(17-14(16)5-2)11-7-8-12(15)10(3)9-11;1-4-6-9(5-2)10-7-8(3)11-12-10;1-2/h7-9,13H,4-6H2,1-3H3;4-6,8,11H,7H2,1-3H3;1-2H3/b;6-4-,9-5+;. The minimum atomic E-state index is -0.258. The summed E-state index contributed by atoms with van der Waals surface area (Å²) in [5.74, 6) is -0.448. The second-order valence-electron chi connectivity index (χ2n) is 7.17. The lowest BCUT2D eigenvalue weighted by molar-refractivity contribution is -0.149. The minimum absolute atomic E-state index is 0.217. The molecule has 4 nitrogen and oxygen atoms in total. The van der Waals surface area contributed by atoms with Crippen molar-refractivity contribution in [2.45, 2.75) is 93.2 Å². The lowest BCUT2D eigenvalue weighted by atomic mass is 10.0. The fourth-order valence-corrected chi connectivity index (χ4v) is 2.96. The van der Waals surface area contributed by atoms with Crippen LogP contribution in [0.3, 0.4) is 0 Å². The molecule has 0 fully saturated rings. The van der Waals surface area contributed by atoms with Crippen LogP contribution in [0.1, 0.15) is 91.4 Å². The summed E-state index contributed by atoms with van der Waals surface area (Å²) in [7, 11) is 0. The molecule has 2 unspecified atom stereocenters. The monoisotopic (exact) mass is 432 g/mol. The molecule has 31 heavy (non-hydrogen) atoms. The summed E-state index contributed by atoms with van der Waals surface area (Å²) >= 11 is 0. The largest absolute Gasteiger partial charge is 0.457 e. The van der Waals surface area contributed by atoms with Gasteiger partial charge in [-0.05, 0) is 62.9 Å². The van der Waals surface area contributed by atoms with Crippen molar-refractivity contribution in [3.8, 4) is 0 Å². The van der Waals surface area contributed by atoms with Crippen molar-refractivity contribution in [3.63, 3.8) is 0 Å². The predicted molar refractivity (Wildman–Crippen MR) is 130 cm³/mol. The molecule has 0 amide bonds. The SMILES string of the molecule is C/C=C\C(=C/C)C1=NNC(C)C1.CC.CCCC(OC(=O)CC)c1ccc(F)c(C)c1. The molecule has 1 aromatic carbocycles. The molecule has 174 valence electrons. The van der Waals surface area contributed by atoms with Crippen molar-refractivity contribution >= 4 is 11.7 Å². The van der Waals surface area contributed by atoms with E-state index in [4.69, 9.17) is 4.74 Å². The fourth-order valence-electron chi connectivity index (χ4n) is 2.96. The second-order valence-corrected chi connectivity index (χ2v) is 7.17. The van der Waals surface area contributed by atoms with Crippen molar-refractivity contribution in [1.82, 2.24) is 5.43 Å². The summed E-state index contributed by atoms with van der Waals surface area (Å²) in [6.07, 6.45) is 9.05. The molecule has 0 aliphatic carbocycles. The predicted octanol–water partition coefficient (Wildman–Crippen LogP) is 7.20. The van der Waals surface area contributed by atoms with E-state index in [9.17, 15) is 9.18 Å². The number of ether oxygens (including phenoxy) is 1. The van der Waals surface area contributed by atoms with Gasteiger partial charge in [-0.1, -0.05) is 58.4 Å². The van der Waals surface area contributed by atoms with Gasteiger partial charge in [0.25, 0.3) is 0 Å². The zero-order chi connectivity index (χ0) is 23.8. The first kappa shape index (κ1) is 28.6. The highest BCUT2D eigenvalue weighted by Crippen LogP contribution is 2.25. The maximum Gasteiger partial charge on any atom is 0.306 e. The van der Waals surface area contributed by atoms with Gasteiger partial charge in [-0.2, -0.15) is 5.10 Å². The number of allylic oxidation sites excluding steroid dienone is 4. The van der Waals surface area contributed by atoms with Crippen LogP contribution in [0, 0.1) is 12.7 Å². The van der Waals surface area contributed by atoms with Gasteiger partial charge >= 0.3 is 5.97 Å². The van der Waals surface area contributed by atoms with Crippen LogP contribution in [0.15, 0.2) is 47.1 Å². The Bertz CT molecular complexity index is 754. The number of nitrogens with zero attached hydrogens (tertiary/aromatic N) is 1. The Balaban J connectivity index is 0.000000564. The number of halogens is 1. The van der Waals surface area contributed by atoms with Crippen molar-refractivity contribution in [2.75, 3.05) is 0 Å². The molecular formula is C26H41FN2O2. The summed E-state index contributed by atoms with van der Waals surface area (Å²) in [5, 5.41) is 4.25. The van der Waals surface area contributed by atoms with Crippen molar-refractivity contribution < 1.29 is 13.9 Å². The Labute approximate surface area is 188 Å². The molecule has 0 bridgehead atoms. The zero-order valence-corrected chi connectivity index (χ0v) is 20.6.